The van der Waals surface area contributed by atoms with Crippen molar-refractivity contribution in [2.45, 2.75) is 0 Å². The van der Waals surface area contributed by atoms with Crippen LogP contribution in [0.1, 0.15) is 15.9 Å². The highest BCUT2D eigenvalue weighted by molar-refractivity contribution is 9.10. The quantitative estimate of drug-likeness (QED) is 0.523. The van der Waals surface area contributed by atoms with E-state index >= 15 is 0 Å². The van der Waals surface area contributed by atoms with Crippen LogP contribution in [-0.2, 0) is 0 Å². The highest BCUT2D eigenvalue weighted by atomic mass is 79.9. The molecule has 0 aliphatic rings. The zero-order valence-electron chi connectivity index (χ0n) is 10.7. The summed E-state index contributed by atoms with van der Waals surface area (Å²) < 4.78 is 0.642. The molecule has 0 saturated carbocycles. The maximum atomic E-state index is 11.9. The summed E-state index contributed by atoms with van der Waals surface area (Å²) in [6.07, 6.45) is 1.24. The van der Waals surface area contributed by atoms with Crippen LogP contribution in [0.2, 0.25) is 0 Å². The Kier molecular flexibility index (Phi) is 4.78. The highest BCUT2D eigenvalue weighted by Gasteiger charge is 2.11. The number of carbonyl (C=O) groups is 1. The molecule has 106 valence electrons. The number of nitro benzene ring substituents is 1. The molecule has 21 heavy (non-hydrogen) atoms. The second kappa shape index (κ2) is 6.76. The van der Waals surface area contributed by atoms with E-state index in [4.69, 9.17) is 0 Å². The van der Waals surface area contributed by atoms with E-state index in [1.54, 1.807) is 42.5 Å². The molecule has 2 aromatic rings. The van der Waals surface area contributed by atoms with Crippen molar-refractivity contribution < 1.29 is 9.72 Å². The van der Waals surface area contributed by atoms with Gasteiger partial charge < -0.3 is 0 Å². The van der Waals surface area contributed by atoms with Crippen molar-refractivity contribution in [3.8, 4) is 0 Å². The van der Waals surface area contributed by atoms with Gasteiger partial charge in [-0.05, 0) is 34.1 Å². The van der Waals surface area contributed by atoms with Crippen LogP contribution in [0, 0.1) is 10.1 Å². The molecule has 2 rings (SSSR count). The molecule has 0 radical (unpaired) electrons. The zero-order valence-corrected chi connectivity index (χ0v) is 12.3. The first-order valence-electron chi connectivity index (χ1n) is 5.91. The normalized spacial score (nSPS) is 10.5. The SMILES string of the molecule is O=C(N/N=C/c1ccccc1[N+](=O)[O-])c1ccccc1Br. The van der Waals surface area contributed by atoms with E-state index in [2.05, 4.69) is 26.5 Å². The van der Waals surface area contributed by atoms with Crippen molar-refractivity contribution in [2.24, 2.45) is 5.10 Å². The van der Waals surface area contributed by atoms with E-state index in [0.29, 0.717) is 15.6 Å². The minimum absolute atomic E-state index is 0.0728. The number of rotatable bonds is 4. The number of hydrazone groups is 1. The van der Waals surface area contributed by atoms with Gasteiger partial charge in [0.2, 0.25) is 0 Å². The van der Waals surface area contributed by atoms with Crippen LogP contribution >= 0.6 is 15.9 Å². The fraction of sp³-hybridized carbons (Fsp3) is 0. The Hall–Kier alpha value is -2.54. The standard InChI is InChI=1S/C14H10BrN3O3/c15-12-7-3-2-6-11(12)14(19)17-16-9-10-5-1-4-8-13(10)18(20)21/h1-9H,(H,17,19)/b16-9+. The lowest BCUT2D eigenvalue weighted by atomic mass is 10.2. The molecule has 7 heteroatoms. The molecule has 1 amide bonds. The van der Waals surface area contributed by atoms with Crippen LogP contribution in [0.4, 0.5) is 5.69 Å². The smallest absolute Gasteiger partial charge is 0.267 e. The Balaban J connectivity index is 2.12. The van der Waals surface area contributed by atoms with Crippen molar-refractivity contribution in [3.63, 3.8) is 0 Å². The Morgan fingerprint density at radius 3 is 2.57 bits per heavy atom. The maximum absolute atomic E-state index is 11.9. The van der Waals surface area contributed by atoms with E-state index in [1.165, 1.54) is 12.3 Å². The third-order valence-corrected chi connectivity index (χ3v) is 3.31. The van der Waals surface area contributed by atoms with Crippen molar-refractivity contribution >= 4 is 33.7 Å². The number of amides is 1. The molecule has 0 bridgehead atoms. The van der Waals surface area contributed by atoms with Crippen LogP contribution in [0.15, 0.2) is 58.1 Å². The number of nitrogens with one attached hydrogen (secondary N) is 1. The van der Waals surface area contributed by atoms with Gasteiger partial charge >= 0.3 is 0 Å². The van der Waals surface area contributed by atoms with Crippen LogP contribution < -0.4 is 5.43 Å². The Morgan fingerprint density at radius 2 is 1.86 bits per heavy atom. The van der Waals surface area contributed by atoms with Gasteiger partial charge in [-0.3, -0.25) is 14.9 Å². The van der Waals surface area contributed by atoms with Crippen LogP contribution in [0.3, 0.4) is 0 Å². The number of carbonyl (C=O) groups excluding carboxylic acids is 1. The summed E-state index contributed by atoms with van der Waals surface area (Å²) in [5.41, 5.74) is 3.00. The maximum Gasteiger partial charge on any atom is 0.278 e. The lowest BCUT2D eigenvalue weighted by Gasteiger charge is -2.02. The minimum atomic E-state index is -0.503. The van der Waals surface area contributed by atoms with Gasteiger partial charge in [0.25, 0.3) is 11.6 Å². The number of nitrogens with zero attached hydrogens (tertiary/aromatic N) is 2. The third kappa shape index (κ3) is 3.73. The summed E-state index contributed by atoms with van der Waals surface area (Å²) in [6.45, 7) is 0. The summed E-state index contributed by atoms with van der Waals surface area (Å²) in [5, 5.41) is 14.6. The summed E-state index contributed by atoms with van der Waals surface area (Å²) in [6, 6.07) is 13.0. The van der Waals surface area contributed by atoms with E-state index < -0.39 is 10.8 Å². The molecule has 2 aromatic carbocycles. The molecule has 0 fully saturated rings. The van der Waals surface area contributed by atoms with Gasteiger partial charge in [-0.2, -0.15) is 5.10 Å². The van der Waals surface area contributed by atoms with Crippen molar-refractivity contribution in [1.29, 1.82) is 0 Å². The molecule has 0 saturated heterocycles. The van der Waals surface area contributed by atoms with Crippen molar-refractivity contribution in [1.82, 2.24) is 5.43 Å². The number of halogens is 1. The molecule has 0 aliphatic carbocycles. The molecule has 6 nitrogen and oxygen atoms in total. The third-order valence-electron chi connectivity index (χ3n) is 2.62. The first-order chi connectivity index (χ1) is 10.1. The predicted octanol–water partition coefficient (Wildman–Crippen LogP) is 3.12. The molecule has 0 unspecified atom stereocenters. The first kappa shape index (κ1) is 14.9. The van der Waals surface area contributed by atoms with E-state index in [0.717, 1.165) is 0 Å². The summed E-state index contributed by atoms with van der Waals surface area (Å²) in [4.78, 5) is 22.2. The fourth-order valence-electron chi connectivity index (χ4n) is 1.63. The largest absolute Gasteiger partial charge is 0.278 e. The van der Waals surface area contributed by atoms with E-state index in [-0.39, 0.29) is 5.69 Å². The number of para-hydroxylation sites is 1. The summed E-state index contributed by atoms with van der Waals surface area (Å²) >= 11 is 3.26. The van der Waals surface area contributed by atoms with Gasteiger partial charge in [0.05, 0.1) is 22.3 Å². The average molecular weight is 348 g/mol. The van der Waals surface area contributed by atoms with Gasteiger partial charge in [0, 0.05) is 10.5 Å². The highest BCUT2D eigenvalue weighted by Crippen LogP contribution is 2.16. The van der Waals surface area contributed by atoms with Crippen LogP contribution in [0.25, 0.3) is 0 Å². The van der Waals surface area contributed by atoms with Crippen LogP contribution in [-0.4, -0.2) is 17.0 Å². The molecule has 0 atom stereocenters. The van der Waals surface area contributed by atoms with Gasteiger partial charge in [-0.15, -0.1) is 0 Å². The van der Waals surface area contributed by atoms with Gasteiger partial charge in [0.1, 0.15) is 0 Å². The number of nitro groups is 1. The number of hydrogen-bond acceptors (Lipinski definition) is 4. The second-order valence-electron chi connectivity index (χ2n) is 3.99. The van der Waals surface area contributed by atoms with Crippen molar-refractivity contribution in [3.05, 3.63) is 74.2 Å². The van der Waals surface area contributed by atoms with E-state index in [1.807, 2.05) is 0 Å². The molecule has 1 N–H and O–H groups in total. The van der Waals surface area contributed by atoms with Crippen LogP contribution in [0.5, 0.6) is 0 Å². The molecule has 0 heterocycles. The predicted molar refractivity (Wildman–Crippen MR) is 82.3 cm³/mol. The average Bonchev–Trinajstić information content (AvgIpc) is 2.48. The van der Waals surface area contributed by atoms with Gasteiger partial charge in [0.15, 0.2) is 0 Å². The summed E-state index contributed by atoms with van der Waals surface area (Å²) in [7, 11) is 0. The Bertz CT molecular complexity index is 716. The summed E-state index contributed by atoms with van der Waals surface area (Å²) in [5.74, 6) is -0.405. The fourth-order valence-corrected chi connectivity index (χ4v) is 2.09. The first-order valence-corrected chi connectivity index (χ1v) is 6.70. The lowest BCUT2D eigenvalue weighted by Crippen LogP contribution is -2.18. The Labute approximate surface area is 128 Å². The van der Waals surface area contributed by atoms with Gasteiger partial charge in [-0.1, -0.05) is 24.3 Å². The number of benzene rings is 2. The molecule has 0 spiro atoms. The molecule has 0 aliphatic heterocycles. The molecular weight excluding hydrogens is 338 g/mol. The minimum Gasteiger partial charge on any atom is -0.267 e. The molecular formula is C14H10BrN3O3. The monoisotopic (exact) mass is 347 g/mol. The van der Waals surface area contributed by atoms with E-state index in [9.17, 15) is 14.9 Å². The zero-order chi connectivity index (χ0) is 15.2. The van der Waals surface area contributed by atoms with Gasteiger partial charge in [-0.25, -0.2) is 5.43 Å². The topological polar surface area (TPSA) is 84.6 Å². The second-order valence-corrected chi connectivity index (χ2v) is 4.85. The number of hydrogen-bond donors (Lipinski definition) is 1. The lowest BCUT2D eigenvalue weighted by molar-refractivity contribution is -0.385. The Morgan fingerprint density at radius 1 is 1.19 bits per heavy atom. The molecule has 0 aromatic heterocycles. The van der Waals surface area contributed by atoms with Crippen molar-refractivity contribution in [2.75, 3.05) is 0 Å².